The van der Waals surface area contributed by atoms with Crippen LogP contribution in [0.15, 0.2) is 42.5 Å². The third-order valence-electron chi connectivity index (χ3n) is 3.93. The van der Waals surface area contributed by atoms with Gasteiger partial charge in [0, 0.05) is 21.8 Å². The van der Waals surface area contributed by atoms with Crippen LogP contribution in [0.5, 0.6) is 0 Å². The molecule has 1 heterocycles. The molecule has 21 heavy (non-hydrogen) atoms. The topological polar surface area (TPSA) is 68.3 Å². The summed E-state index contributed by atoms with van der Waals surface area (Å²) in [5.74, 6) is 0. The van der Waals surface area contributed by atoms with Crippen LogP contribution >= 0.6 is 0 Å². The maximum atomic E-state index is 10.3. The van der Waals surface area contributed by atoms with Crippen molar-refractivity contribution in [3.05, 3.63) is 48.0 Å². The zero-order chi connectivity index (χ0) is 14.8. The quantitative estimate of drug-likeness (QED) is 0.581. The van der Waals surface area contributed by atoms with Gasteiger partial charge in [0.15, 0.2) is 0 Å². The molecule has 0 spiro atoms. The number of para-hydroxylation sites is 1. The van der Waals surface area contributed by atoms with Gasteiger partial charge in [0.1, 0.15) is 6.10 Å². The Kier molecular flexibility index (Phi) is 3.92. The maximum Gasteiger partial charge on any atom is 0.105 e. The zero-order valence-corrected chi connectivity index (χ0v) is 12.0. The van der Waals surface area contributed by atoms with Gasteiger partial charge in [-0.15, -0.1) is 0 Å². The van der Waals surface area contributed by atoms with E-state index in [1.807, 2.05) is 43.4 Å². The van der Waals surface area contributed by atoms with Crippen molar-refractivity contribution in [2.24, 2.45) is 0 Å². The number of rotatable bonds is 5. The number of fused-ring (bicyclic) bond motifs is 3. The molecule has 2 unspecified atom stereocenters. The van der Waals surface area contributed by atoms with Crippen LogP contribution in [-0.2, 0) is 0 Å². The molecule has 3 aromatic rings. The van der Waals surface area contributed by atoms with Crippen molar-refractivity contribution in [3.8, 4) is 0 Å². The molecule has 4 heteroatoms. The molecular formula is C17H20N2O2. The fraction of sp³-hybridized carbons (Fsp3) is 0.294. The fourth-order valence-electron chi connectivity index (χ4n) is 2.73. The molecule has 0 bridgehead atoms. The molecule has 0 aliphatic carbocycles. The lowest BCUT2D eigenvalue weighted by Crippen LogP contribution is -2.23. The fourth-order valence-corrected chi connectivity index (χ4v) is 2.73. The molecule has 0 amide bonds. The number of aromatic nitrogens is 1. The summed E-state index contributed by atoms with van der Waals surface area (Å²) < 4.78 is 0. The van der Waals surface area contributed by atoms with Crippen molar-refractivity contribution in [3.63, 3.8) is 0 Å². The highest BCUT2D eigenvalue weighted by atomic mass is 16.3. The molecule has 0 saturated carbocycles. The predicted octanol–water partition coefficient (Wildman–Crippen LogP) is 2.32. The number of aliphatic hydroxyl groups is 2. The van der Waals surface area contributed by atoms with E-state index in [2.05, 4.69) is 16.4 Å². The largest absolute Gasteiger partial charge is 0.390 e. The highest BCUT2D eigenvalue weighted by Crippen LogP contribution is 2.28. The summed E-state index contributed by atoms with van der Waals surface area (Å²) in [6.45, 7) is 0.673. The minimum absolute atomic E-state index is 0.516. The van der Waals surface area contributed by atoms with Crippen molar-refractivity contribution < 1.29 is 10.2 Å². The van der Waals surface area contributed by atoms with E-state index in [9.17, 15) is 10.2 Å². The van der Waals surface area contributed by atoms with Gasteiger partial charge < -0.3 is 20.5 Å². The second-order valence-corrected chi connectivity index (χ2v) is 5.38. The van der Waals surface area contributed by atoms with E-state index < -0.39 is 12.2 Å². The average Bonchev–Trinajstić information content (AvgIpc) is 2.89. The van der Waals surface area contributed by atoms with Crippen molar-refractivity contribution in [2.75, 3.05) is 13.6 Å². The molecule has 1 aromatic heterocycles. The molecule has 110 valence electrons. The van der Waals surface area contributed by atoms with Gasteiger partial charge in [-0.1, -0.05) is 30.3 Å². The van der Waals surface area contributed by atoms with Crippen molar-refractivity contribution in [1.29, 1.82) is 0 Å². The van der Waals surface area contributed by atoms with E-state index in [1.165, 1.54) is 5.39 Å². The maximum absolute atomic E-state index is 10.3. The Morgan fingerprint density at radius 3 is 2.62 bits per heavy atom. The van der Waals surface area contributed by atoms with E-state index in [4.69, 9.17) is 0 Å². The first-order valence-electron chi connectivity index (χ1n) is 7.22. The Labute approximate surface area is 123 Å². The minimum atomic E-state index is -0.867. The summed E-state index contributed by atoms with van der Waals surface area (Å²) in [5.41, 5.74) is 2.79. The predicted molar refractivity (Wildman–Crippen MR) is 85.3 cm³/mol. The lowest BCUT2D eigenvalue weighted by molar-refractivity contribution is 0.0141. The van der Waals surface area contributed by atoms with E-state index >= 15 is 0 Å². The number of benzene rings is 2. The number of aliphatic hydroxyl groups excluding tert-OH is 2. The van der Waals surface area contributed by atoms with Crippen LogP contribution in [0, 0.1) is 0 Å². The molecular weight excluding hydrogens is 264 g/mol. The summed E-state index contributed by atoms with van der Waals surface area (Å²) in [6, 6.07) is 13.9. The molecule has 3 rings (SSSR count). The number of nitrogens with one attached hydrogen (secondary N) is 2. The highest BCUT2D eigenvalue weighted by Gasteiger charge is 2.18. The molecule has 2 aromatic carbocycles. The summed E-state index contributed by atoms with van der Waals surface area (Å²) >= 11 is 0. The SMILES string of the molecule is CNCCC(O)C(O)c1ccc2c(c1)[nH]c1ccccc12. The number of hydrogen-bond donors (Lipinski definition) is 4. The van der Waals surface area contributed by atoms with E-state index in [0.29, 0.717) is 13.0 Å². The van der Waals surface area contributed by atoms with E-state index in [-0.39, 0.29) is 0 Å². The van der Waals surface area contributed by atoms with Gasteiger partial charge in [-0.05, 0) is 37.7 Å². The normalized spacial score (nSPS) is 14.6. The second kappa shape index (κ2) is 5.85. The van der Waals surface area contributed by atoms with Gasteiger partial charge in [0.05, 0.1) is 6.10 Å². The lowest BCUT2D eigenvalue weighted by atomic mass is 10.0. The number of H-pyrrole nitrogens is 1. The molecule has 0 fully saturated rings. The molecule has 2 atom stereocenters. The summed E-state index contributed by atoms with van der Waals surface area (Å²) in [6.07, 6.45) is -1.11. The lowest BCUT2D eigenvalue weighted by Gasteiger charge is -2.18. The number of aromatic amines is 1. The van der Waals surface area contributed by atoms with Crippen LogP contribution in [-0.4, -0.2) is 34.9 Å². The van der Waals surface area contributed by atoms with Crippen molar-refractivity contribution in [2.45, 2.75) is 18.6 Å². The van der Waals surface area contributed by atoms with Gasteiger partial charge >= 0.3 is 0 Å². The van der Waals surface area contributed by atoms with Crippen molar-refractivity contribution >= 4 is 21.8 Å². The number of hydrogen-bond acceptors (Lipinski definition) is 3. The molecule has 4 N–H and O–H groups in total. The van der Waals surface area contributed by atoms with Crippen LogP contribution in [0.25, 0.3) is 21.8 Å². The Bertz CT molecular complexity index is 751. The Morgan fingerprint density at radius 2 is 1.81 bits per heavy atom. The summed E-state index contributed by atoms with van der Waals surface area (Å²) in [4.78, 5) is 3.35. The van der Waals surface area contributed by atoms with Gasteiger partial charge in [0.25, 0.3) is 0 Å². The Morgan fingerprint density at radius 1 is 1.05 bits per heavy atom. The summed E-state index contributed by atoms with van der Waals surface area (Å²) in [7, 11) is 1.83. The van der Waals surface area contributed by atoms with E-state index in [0.717, 1.165) is 22.0 Å². The first-order chi connectivity index (χ1) is 10.2. The molecule has 0 aliphatic heterocycles. The minimum Gasteiger partial charge on any atom is -0.390 e. The second-order valence-electron chi connectivity index (χ2n) is 5.38. The van der Waals surface area contributed by atoms with Crippen LogP contribution in [0.1, 0.15) is 18.1 Å². The monoisotopic (exact) mass is 284 g/mol. The third-order valence-corrected chi connectivity index (χ3v) is 3.93. The van der Waals surface area contributed by atoms with Gasteiger partial charge in [0.2, 0.25) is 0 Å². The van der Waals surface area contributed by atoms with Crippen molar-refractivity contribution in [1.82, 2.24) is 10.3 Å². The van der Waals surface area contributed by atoms with Gasteiger partial charge in [-0.3, -0.25) is 0 Å². The molecule has 0 saturated heterocycles. The first kappa shape index (κ1) is 14.1. The smallest absolute Gasteiger partial charge is 0.105 e. The van der Waals surface area contributed by atoms with Gasteiger partial charge in [-0.25, -0.2) is 0 Å². The van der Waals surface area contributed by atoms with Crippen LogP contribution in [0.3, 0.4) is 0 Å². The molecule has 0 radical (unpaired) electrons. The summed E-state index contributed by atoms with van der Waals surface area (Å²) in [5, 5.41) is 25.5. The van der Waals surface area contributed by atoms with Gasteiger partial charge in [-0.2, -0.15) is 0 Å². The van der Waals surface area contributed by atoms with Crippen LogP contribution in [0.4, 0.5) is 0 Å². The molecule has 0 aliphatic rings. The zero-order valence-electron chi connectivity index (χ0n) is 12.0. The third kappa shape index (κ3) is 2.65. The Balaban J connectivity index is 1.95. The van der Waals surface area contributed by atoms with Crippen LogP contribution < -0.4 is 5.32 Å². The highest BCUT2D eigenvalue weighted by molar-refractivity contribution is 6.07. The standard InChI is InChI=1S/C17H20N2O2/c1-18-9-8-16(20)17(21)11-6-7-13-12-4-2-3-5-14(12)19-15(13)10-11/h2-7,10,16-21H,8-9H2,1H3. The van der Waals surface area contributed by atoms with Crippen LogP contribution in [0.2, 0.25) is 0 Å². The van der Waals surface area contributed by atoms with E-state index in [1.54, 1.807) is 0 Å². The molecule has 4 nitrogen and oxygen atoms in total. The average molecular weight is 284 g/mol. The Hall–Kier alpha value is -1.88. The first-order valence-corrected chi connectivity index (χ1v) is 7.22.